The van der Waals surface area contributed by atoms with Gasteiger partial charge in [0, 0.05) is 24.2 Å². The smallest absolute Gasteiger partial charge is 0.239 e. The summed E-state index contributed by atoms with van der Waals surface area (Å²) in [7, 11) is 0. The zero-order chi connectivity index (χ0) is 31.8. The van der Waals surface area contributed by atoms with Crippen molar-refractivity contribution in [2.45, 2.75) is 134 Å². The largest absolute Gasteiger partial charge is 0.370 e. The highest BCUT2D eigenvalue weighted by molar-refractivity contribution is 6.19. The van der Waals surface area contributed by atoms with Crippen LogP contribution in [0.4, 0.5) is 4.39 Å². The van der Waals surface area contributed by atoms with Crippen LogP contribution in [0.5, 0.6) is 0 Å². The predicted molar refractivity (Wildman–Crippen MR) is 176 cm³/mol. The number of carbonyl (C=O) groups is 1. The molecule has 4 rings (SSSR count). The van der Waals surface area contributed by atoms with E-state index in [0.29, 0.717) is 5.56 Å². The number of unbranched alkanes of at least 4 members (excludes halogenated alkanes) is 8. The van der Waals surface area contributed by atoms with Crippen molar-refractivity contribution in [1.29, 1.82) is 0 Å². The van der Waals surface area contributed by atoms with Gasteiger partial charge >= 0.3 is 0 Å². The van der Waals surface area contributed by atoms with Crippen LogP contribution in [0.3, 0.4) is 0 Å². The van der Waals surface area contributed by atoms with Gasteiger partial charge in [0.2, 0.25) is 11.7 Å². The molecule has 0 bridgehead atoms. The molecule has 2 heterocycles. The van der Waals surface area contributed by atoms with E-state index < -0.39 is 17.4 Å². The fourth-order valence-corrected chi connectivity index (χ4v) is 6.09. The van der Waals surface area contributed by atoms with Gasteiger partial charge in [0.1, 0.15) is 5.56 Å². The molecule has 3 N–H and O–H groups in total. The first-order chi connectivity index (χ1) is 21.2. The van der Waals surface area contributed by atoms with Gasteiger partial charge in [0.15, 0.2) is 5.66 Å². The first-order valence-corrected chi connectivity index (χ1v) is 17.0. The molecule has 1 fully saturated rings. The maximum atomic E-state index is 17.0. The summed E-state index contributed by atoms with van der Waals surface area (Å²) in [6, 6.07) is 16.9. The number of halogens is 2. The summed E-state index contributed by atoms with van der Waals surface area (Å²) in [6.45, 7) is 7.24. The Bertz CT molecular complexity index is 1150. The summed E-state index contributed by atoms with van der Waals surface area (Å²) in [5.74, 6) is -2.27. The molecule has 2 aliphatic heterocycles. The van der Waals surface area contributed by atoms with E-state index in [-0.39, 0.29) is 24.3 Å². The molecule has 2 aliphatic rings. The van der Waals surface area contributed by atoms with Crippen molar-refractivity contribution < 1.29 is 13.9 Å². The molecular weight excluding hydrogens is 577 g/mol. The highest BCUT2D eigenvalue weighted by Gasteiger charge is 2.49. The Hall–Kier alpha value is -2.55. The maximum absolute atomic E-state index is 17.0. The number of amides is 1. The SMILES string of the molecule is CCCCCCCCCCCC(F)(c1ccccc1)N1N=NC(CC(N)=O)(c2ccccc2C(C)C)N1.ClC1CCCCO1. The maximum Gasteiger partial charge on any atom is 0.239 e. The lowest BCUT2D eigenvalue weighted by Crippen LogP contribution is -2.53. The third kappa shape index (κ3) is 10.5. The molecule has 0 aliphatic carbocycles. The van der Waals surface area contributed by atoms with Crippen LogP contribution in [0.2, 0.25) is 0 Å². The van der Waals surface area contributed by atoms with Gasteiger partial charge in [-0.15, -0.1) is 5.11 Å². The zero-order valence-electron chi connectivity index (χ0n) is 26.9. The summed E-state index contributed by atoms with van der Waals surface area (Å²) in [6.07, 6.45) is 13.9. The van der Waals surface area contributed by atoms with E-state index in [0.717, 1.165) is 43.4 Å². The van der Waals surface area contributed by atoms with Crippen molar-refractivity contribution in [2.24, 2.45) is 16.1 Å². The minimum Gasteiger partial charge on any atom is -0.370 e. The summed E-state index contributed by atoms with van der Waals surface area (Å²) < 4.78 is 22.0. The second-order valence-electron chi connectivity index (χ2n) is 12.3. The van der Waals surface area contributed by atoms with E-state index in [1.165, 1.54) is 56.5 Å². The Morgan fingerprint density at radius 2 is 1.68 bits per heavy atom. The molecule has 2 aromatic carbocycles. The highest BCUT2D eigenvalue weighted by atomic mass is 35.5. The monoisotopic (exact) mass is 629 g/mol. The Morgan fingerprint density at radius 1 is 1.05 bits per heavy atom. The number of carbonyl (C=O) groups excluding carboxylic acids is 1. The lowest BCUT2D eigenvalue weighted by molar-refractivity contribution is -0.122. The van der Waals surface area contributed by atoms with Gasteiger partial charge in [-0.1, -0.05) is 144 Å². The van der Waals surface area contributed by atoms with Crippen LogP contribution in [0, 0.1) is 0 Å². The number of primary amides is 1. The molecule has 0 aromatic heterocycles. The molecule has 0 spiro atoms. The summed E-state index contributed by atoms with van der Waals surface area (Å²) in [5.41, 5.74) is 9.91. The predicted octanol–water partition coefficient (Wildman–Crippen LogP) is 9.52. The van der Waals surface area contributed by atoms with E-state index in [1.807, 2.05) is 42.5 Å². The van der Waals surface area contributed by atoms with Crippen molar-refractivity contribution in [3.8, 4) is 0 Å². The number of nitrogens with one attached hydrogen (secondary N) is 1. The summed E-state index contributed by atoms with van der Waals surface area (Å²) >= 11 is 5.59. The Morgan fingerprint density at radius 3 is 2.25 bits per heavy atom. The molecule has 7 nitrogen and oxygen atoms in total. The van der Waals surface area contributed by atoms with Crippen LogP contribution in [-0.2, 0) is 21.0 Å². The standard InChI is InChI=1S/C30H44FN5O.C5H9ClO/c1-4-5-6-7-8-9-10-11-17-22-29(31,25-18-13-12-14-19-25)36-34-30(33-35-36,23-28(32)37)27-21-16-15-20-26(27)24(2)3;6-5-3-1-2-4-7-5/h12-16,18-21,24,34H,4-11,17,22-23H2,1-3H3,(H2,32,37);5H,1-4H2. The highest BCUT2D eigenvalue weighted by Crippen LogP contribution is 2.43. The Kier molecular flexibility index (Phi) is 15.0. The molecule has 44 heavy (non-hydrogen) atoms. The second kappa shape index (κ2) is 18.4. The third-order valence-electron chi connectivity index (χ3n) is 8.34. The minimum atomic E-state index is -1.92. The number of hydrazine groups is 1. The Labute approximate surface area is 269 Å². The number of ether oxygens (including phenoxy) is 1. The summed E-state index contributed by atoms with van der Waals surface area (Å²) in [5, 5.41) is 9.99. The van der Waals surface area contributed by atoms with Crippen LogP contribution in [-0.4, -0.2) is 23.2 Å². The van der Waals surface area contributed by atoms with E-state index in [9.17, 15) is 4.79 Å². The van der Waals surface area contributed by atoms with Crippen LogP contribution >= 0.6 is 11.6 Å². The fourth-order valence-electron chi connectivity index (χ4n) is 5.85. The number of alkyl halides is 2. The summed E-state index contributed by atoms with van der Waals surface area (Å²) in [4.78, 5) is 12.2. The molecule has 9 heteroatoms. The van der Waals surface area contributed by atoms with Crippen molar-refractivity contribution in [3.05, 3.63) is 71.3 Å². The number of nitrogens with two attached hydrogens (primary N) is 1. The van der Waals surface area contributed by atoms with Crippen LogP contribution in [0.25, 0.3) is 0 Å². The van der Waals surface area contributed by atoms with Crippen molar-refractivity contribution >= 4 is 17.5 Å². The number of benzene rings is 2. The van der Waals surface area contributed by atoms with E-state index in [2.05, 4.69) is 36.5 Å². The normalized spacial score (nSPS) is 21.1. The minimum absolute atomic E-state index is 0.00810. The fraction of sp³-hybridized carbons (Fsp3) is 0.629. The van der Waals surface area contributed by atoms with Crippen LogP contribution < -0.4 is 11.2 Å². The third-order valence-corrected chi connectivity index (χ3v) is 8.69. The average Bonchev–Trinajstić information content (AvgIpc) is 3.46. The lowest BCUT2D eigenvalue weighted by Gasteiger charge is -2.36. The number of hydrogen-bond acceptors (Lipinski definition) is 6. The van der Waals surface area contributed by atoms with Gasteiger partial charge in [-0.3, -0.25) is 4.79 Å². The molecule has 1 saturated heterocycles. The van der Waals surface area contributed by atoms with Gasteiger partial charge in [-0.25, -0.2) is 4.39 Å². The quantitative estimate of drug-likeness (QED) is 0.110. The lowest BCUT2D eigenvalue weighted by atomic mass is 9.87. The molecule has 0 saturated carbocycles. The van der Waals surface area contributed by atoms with E-state index in [4.69, 9.17) is 22.1 Å². The van der Waals surface area contributed by atoms with Gasteiger partial charge in [0.05, 0.1) is 6.42 Å². The first kappa shape index (κ1) is 35.9. The average molecular weight is 630 g/mol. The zero-order valence-corrected chi connectivity index (χ0v) is 27.7. The number of nitrogens with zero attached hydrogens (tertiary/aromatic N) is 3. The molecule has 1 amide bonds. The van der Waals surface area contributed by atoms with Gasteiger partial charge in [0.25, 0.3) is 0 Å². The van der Waals surface area contributed by atoms with E-state index in [1.54, 1.807) is 12.1 Å². The van der Waals surface area contributed by atoms with Gasteiger partial charge < -0.3 is 10.5 Å². The topological polar surface area (TPSA) is 92.3 Å². The molecule has 244 valence electrons. The molecule has 3 unspecified atom stereocenters. The number of rotatable bonds is 16. The molecule has 2 aromatic rings. The van der Waals surface area contributed by atoms with Gasteiger partial charge in [-0.2, -0.15) is 10.5 Å². The van der Waals surface area contributed by atoms with Crippen molar-refractivity contribution in [1.82, 2.24) is 10.5 Å². The van der Waals surface area contributed by atoms with Gasteiger partial charge in [-0.05, 0) is 37.2 Å². The van der Waals surface area contributed by atoms with Crippen molar-refractivity contribution in [2.75, 3.05) is 6.61 Å². The molecular formula is C35H53ClFN5O2. The number of hydrogen-bond donors (Lipinski definition) is 2. The molecule has 0 radical (unpaired) electrons. The van der Waals surface area contributed by atoms with Crippen molar-refractivity contribution in [3.63, 3.8) is 0 Å². The Balaban J connectivity index is 0.000000662. The van der Waals surface area contributed by atoms with Crippen LogP contribution in [0.15, 0.2) is 64.9 Å². The molecule has 3 atom stereocenters. The van der Waals surface area contributed by atoms with Crippen LogP contribution in [0.1, 0.15) is 133 Å². The second-order valence-corrected chi connectivity index (χ2v) is 12.8. The van der Waals surface area contributed by atoms with E-state index >= 15 is 4.39 Å². The first-order valence-electron chi connectivity index (χ1n) is 16.6.